The van der Waals surface area contributed by atoms with Crippen LogP contribution >= 0.6 is 24.0 Å². The molecule has 1 aliphatic heterocycles. The van der Waals surface area contributed by atoms with Gasteiger partial charge in [-0.15, -0.1) is 12.4 Å². The van der Waals surface area contributed by atoms with Gasteiger partial charge in [0, 0.05) is 19.0 Å². The van der Waals surface area contributed by atoms with Crippen LogP contribution in [0.5, 0.6) is 11.5 Å². The Morgan fingerprint density at radius 1 is 1.15 bits per heavy atom. The van der Waals surface area contributed by atoms with E-state index in [1.165, 1.54) is 5.56 Å². The van der Waals surface area contributed by atoms with Gasteiger partial charge in [-0.25, -0.2) is 0 Å². The van der Waals surface area contributed by atoms with Gasteiger partial charge in [-0.2, -0.15) is 0 Å². The van der Waals surface area contributed by atoms with Crippen molar-refractivity contribution < 1.29 is 14.6 Å². The summed E-state index contributed by atoms with van der Waals surface area (Å²) in [5.74, 6) is 1.96. The third kappa shape index (κ3) is 6.01. The average molecular weight is 412 g/mol. The predicted molar refractivity (Wildman–Crippen MR) is 112 cm³/mol. The molecule has 0 aromatic heterocycles. The fraction of sp³-hybridized carbons (Fsp3) is 0.429. The zero-order valence-electron chi connectivity index (χ0n) is 15.6. The summed E-state index contributed by atoms with van der Waals surface area (Å²) in [6.07, 6.45) is 0.155. The van der Waals surface area contributed by atoms with Crippen LogP contribution in [0.4, 0.5) is 0 Å². The van der Waals surface area contributed by atoms with E-state index >= 15 is 0 Å². The minimum absolute atomic E-state index is 0. The highest BCUT2D eigenvalue weighted by atomic mass is 35.5. The molecule has 2 aromatic rings. The monoisotopic (exact) mass is 411 g/mol. The van der Waals surface area contributed by atoms with Gasteiger partial charge < -0.3 is 19.9 Å². The van der Waals surface area contributed by atoms with Crippen molar-refractivity contribution in [2.24, 2.45) is 0 Å². The second-order valence-corrected chi connectivity index (χ2v) is 7.43. The van der Waals surface area contributed by atoms with E-state index < -0.39 is 6.10 Å². The van der Waals surface area contributed by atoms with Crippen molar-refractivity contribution in [3.8, 4) is 11.5 Å². The first-order valence-corrected chi connectivity index (χ1v) is 9.46. The van der Waals surface area contributed by atoms with E-state index in [9.17, 15) is 5.11 Å². The van der Waals surface area contributed by atoms with E-state index in [1.54, 1.807) is 12.1 Å². The van der Waals surface area contributed by atoms with Gasteiger partial charge in [0.05, 0.1) is 5.02 Å². The molecule has 6 heteroatoms. The van der Waals surface area contributed by atoms with E-state index in [-0.39, 0.29) is 31.2 Å². The lowest BCUT2D eigenvalue weighted by molar-refractivity contribution is 0.0756. The molecule has 1 saturated heterocycles. The minimum atomic E-state index is -0.622. The minimum Gasteiger partial charge on any atom is -0.489 e. The van der Waals surface area contributed by atoms with Gasteiger partial charge in [-0.1, -0.05) is 49.7 Å². The van der Waals surface area contributed by atoms with Crippen LogP contribution in [-0.4, -0.2) is 36.5 Å². The summed E-state index contributed by atoms with van der Waals surface area (Å²) in [6.45, 7) is 5.25. The second kappa shape index (κ2) is 10.2. The number of aliphatic hydroxyl groups is 1. The van der Waals surface area contributed by atoms with Crippen LogP contribution in [0, 0.1) is 0 Å². The first-order chi connectivity index (χ1) is 12.5. The molecule has 1 heterocycles. The highest BCUT2D eigenvalue weighted by molar-refractivity contribution is 6.32. The van der Waals surface area contributed by atoms with Crippen LogP contribution in [0.15, 0.2) is 48.5 Å². The van der Waals surface area contributed by atoms with Crippen LogP contribution in [0.3, 0.4) is 0 Å². The molecular formula is C21H27Cl2NO3. The van der Waals surface area contributed by atoms with Crippen LogP contribution in [0.25, 0.3) is 0 Å². The Kier molecular flexibility index (Phi) is 8.24. The Hall–Kier alpha value is -1.46. The number of halogens is 2. The summed E-state index contributed by atoms with van der Waals surface area (Å²) >= 11 is 6.07. The van der Waals surface area contributed by atoms with E-state index in [2.05, 4.69) is 31.3 Å². The number of benzene rings is 2. The fourth-order valence-electron chi connectivity index (χ4n) is 3.09. The maximum atomic E-state index is 10.4. The van der Waals surface area contributed by atoms with Gasteiger partial charge in [0.25, 0.3) is 0 Å². The molecule has 0 amide bonds. The van der Waals surface area contributed by atoms with Crippen LogP contribution in [0.1, 0.15) is 31.7 Å². The van der Waals surface area contributed by atoms with Crippen molar-refractivity contribution in [3.63, 3.8) is 0 Å². The first kappa shape index (κ1) is 21.8. The summed E-state index contributed by atoms with van der Waals surface area (Å²) in [7, 11) is 0. The van der Waals surface area contributed by atoms with Gasteiger partial charge in [-0.3, -0.25) is 0 Å². The molecule has 1 unspecified atom stereocenters. The standard InChI is InChI=1S/C21H26ClNO3.ClH/c1-14(2)15-7-9-16(10-8-15)26-17-11-19(23-12-17)20(24)13-25-21-6-4-3-5-18(21)22;/h3-10,14,17,19-20,23-24H,11-13H2,1-2H3;1H/t17-,19+,20?;/m1./s1. The molecule has 3 atom stereocenters. The molecule has 2 N–H and O–H groups in total. The summed E-state index contributed by atoms with van der Waals surface area (Å²) < 4.78 is 11.7. The van der Waals surface area contributed by atoms with Gasteiger partial charge in [0.1, 0.15) is 30.3 Å². The lowest BCUT2D eigenvalue weighted by Gasteiger charge is -2.19. The Labute approximate surface area is 172 Å². The normalized spacial score (nSPS) is 20.2. The molecule has 0 aliphatic carbocycles. The van der Waals surface area contributed by atoms with Crippen molar-refractivity contribution in [3.05, 3.63) is 59.1 Å². The number of ether oxygens (including phenoxy) is 2. The molecule has 27 heavy (non-hydrogen) atoms. The van der Waals surface area contributed by atoms with Crippen molar-refractivity contribution in [2.75, 3.05) is 13.2 Å². The third-order valence-electron chi connectivity index (χ3n) is 4.68. The Morgan fingerprint density at radius 3 is 2.52 bits per heavy atom. The average Bonchev–Trinajstić information content (AvgIpc) is 3.10. The fourth-order valence-corrected chi connectivity index (χ4v) is 3.28. The lowest BCUT2D eigenvalue weighted by atomic mass is 10.0. The van der Waals surface area contributed by atoms with Gasteiger partial charge >= 0.3 is 0 Å². The van der Waals surface area contributed by atoms with Crippen LogP contribution in [0.2, 0.25) is 5.02 Å². The lowest BCUT2D eigenvalue weighted by Crippen LogP contribution is -2.38. The quantitative estimate of drug-likeness (QED) is 0.706. The predicted octanol–water partition coefficient (Wildman–Crippen LogP) is 4.43. The summed E-state index contributed by atoms with van der Waals surface area (Å²) in [5.41, 5.74) is 1.30. The summed E-state index contributed by atoms with van der Waals surface area (Å²) in [6, 6.07) is 15.4. The Morgan fingerprint density at radius 2 is 1.85 bits per heavy atom. The second-order valence-electron chi connectivity index (χ2n) is 7.02. The molecular weight excluding hydrogens is 385 g/mol. The Balaban J connectivity index is 0.00000261. The van der Waals surface area contributed by atoms with Gasteiger partial charge in [-0.05, 0) is 35.7 Å². The molecule has 1 aliphatic rings. The molecule has 3 rings (SSSR count). The van der Waals surface area contributed by atoms with E-state index in [0.29, 0.717) is 23.2 Å². The van der Waals surface area contributed by atoms with Gasteiger partial charge in [0.2, 0.25) is 0 Å². The van der Waals surface area contributed by atoms with E-state index in [0.717, 1.165) is 12.2 Å². The van der Waals surface area contributed by atoms with E-state index in [4.69, 9.17) is 21.1 Å². The zero-order chi connectivity index (χ0) is 18.5. The molecule has 0 bridgehead atoms. The van der Waals surface area contributed by atoms with E-state index in [1.807, 2.05) is 24.3 Å². The molecule has 148 valence electrons. The highest BCUT2D eigenvalue weighted by Gasteiger charge is 2.31. The number of rotatable bonds is 7. The number of nitrogens with one attached hydrogen (secondary N) is 1. The van der Waals surface area contributed by atoms with Crippen molar-refractivity contribution in [1.29, 1.82) is 0 Å². The maximum absolute atomic E-state index is 10.4. The van der Waals surface area contributed by atoms with Gasteiger partial charge in [0.15, 0.2) is 0 Å². The van der Waals surface area contributed by atoms with Crippen molar-refractivity contribution in [1.82, 2.24) is 5.32 Å². The first-order valence-electron chi connectivity index (χ1n) is 9.08. The topological polar surface area (TPSA) is 50.7 Å². The molecule has 4 nitrogen and oxygen atoms in total. The summed E-state index contributed by atoms with van der Waals surface area (Å²) in [5, 5.41) is 14.3. The Bertz CT molecular complexity index is 709. The molecule has 0 spiro atoms. The third-order valence-corrected chi connectivity index (χ3v) is 5.00. The number of hydrogen-bond acceptors (Lipinski definition) is 4. The number of aliphatic hydroxyl groups excluding tert-OH is 1. The highest BCUT2D eigenvalue weighted by Crippen LogP contribution is 2.25. The molecule has 2 aromatic carbocycles. The zero-order valence-corrected chi connectivity index (χ0v) is 17.2. The largest absolute Gasteiger partial charge is 0.489 e. The SMILES string of the molecule is CC(C)c1ccc(O[C@H]2CN[C@H](C(O)COc3ccccc3Cl)C2)cc1.Cl. The van der Waals surface area contributed by atoms with Crippen molar-refractivity contribution >= 4 is 24.0 Å². The van der Waals surface area contributed by atoms with Crippen molar-refractivity contribution in [2.45, 2.75) is 44.4 Å². The maximum Gasteiger partial charge on any atom is 0.138 e. The molecule has 0 saturated carbocycles. The molecule has 0 radical (unpaired) electrons. The van der Waals surface area contributed by atoms with Crippen LogP contribution in [-0.2, 0) is 0 Å². The number of hydrogen-bond donors (Lipinski definition) is 2. The molecule has 1 fully saturated rings. The van der Waals surface area contributed by atoms with Crippen LogP contribution < -0.4 is 14.8 Å². The number of para-hydroxylation sites is 1. The summed E-state index contributed by atoms with van der Waals surface area (Å²) in [4.78, 5) is 0. The smallest absolute Gasteiger partial charge is 0.138 e.